The number of nitrogens with zero attached hydrogens (tertiary/aromatic N) is 2. The third-order valence-corrected chi connectivity index (χ3v) is 8.17. The molecule has 4 heteroatoms. The first-order valence-corrected chi connectivity index (χ1v) is 16.9. The number of benzene rings is 1. The van der Waals surface area contributed by atoms with E-state index in [4.69, 9.17) is 0 Å². The molecule has 0 aliphatic carbocycles. The van der Waals surface area contributed by atoms with Crippen molar-refractivity contribution in [3.05, 3.63) is 103 Å². The van der Waals surface area contributed by atoms with Crippen LogP contribution in [0.25, 0.3) is 12.2 Å². The molecule has 2 fully saturated rings. The molecule has 1 aromatic carbocycles. The zero-order chi connectivity index (χ0) is 33.7. The first kappa shape index (κ1) is 41.0. The Hall–Kier alpha value is -2.98. The second-order valence-corrected chi connectivity index (χ2v) is 11.0. The van der Waals surface area contributed by atoms with Crippen molar-refractivity contribution in [3.63, 3.8) is 0 Å². The van der Waals surface area contributed by atoms with Crippen LogP contribution in [0, 0.1) is 19.8 Å². The largest absolute Gasteiger partial charge is 0.385 e. The van der Waals surface area contributed by atoms with Gasteiger partial charge in [-0.2, -0.15) is 0 Å². The van der Waals surface area contributed by atoms with Crippen molar-refractivity contribution in [2.45, 2.75) is 119 Å². The zero-order valence-corrected chi connectivity index (χ0v) is 29.6. The number of aromatic nitrogens is 1. The molecular weight excluding hydrogens is 541 g/mol. The van der Waals surface area contributed by atoms with Gasteiger partial charge in [-0.05, 0) is 75.1 Å². The van der Waals surface area contributed by atoms with Crippen molar-refractivity contribution in [2.24, 2.45) is 5.92 Å². The Kier molecular flexibility index (Phi) is 21.0. The molecule has 2 unspecified atom stereocenters. The third kappa shape index (κ3) is 11.8. The maximum atomic E-state index is 16.6. The third-order valence-electron chi connectivity index (χ3n) is 8.17. The van der Waals surface area contributed by atoms with Crippen molar-refractivity contribution >= 4 is 12.2 Å². The summed E-state index contributed by atoms with van der Waals surface area (Å²) in [7, 11) is 0. The minimum atomic E-state index is -1.42. The predicted octanol–water partition coefficient (Wildman–Crippen LogP) is 11.4. The molecule has 3 nitrogen and oxygen atoms in total. The van der Waals surface area contributed by atoms with E-state index in [2.05, 4.69) is 100 Å². The number of pyridine rings is 1. The van der Waals surface area contributed by atoms with E-state index in [1.54, 1.807) is 6.20 Å². The van der Waals surface area contributed by atoms with Crippen LogP contribution in [0.4, 0.5) is 4.39 Å². The maximum absolute atomic E-state index is 16.6. The van der Waals surface area contributed by atoms with Crippen molar-refractivity contribution in [2.75, 3.05) is 13.1 Å². The van der Waals surface area contributed by atoms with Crippen molar-refractivity contribution in [1.29, 1.82) is 0 Å². The highest BCUT2D eigenvalue weighted by atomic mass is 19.1. The number of alkyl halides is 1. The Balaban J connectivity index is 0.00000214. The maximum Gasteiger partial charge on any atom is 0.155 e. The van der Waals surface area contributed by atoms with Crippen LogP contribution in [0.3, 0.4) is 0 Å². The highest BCUT2D eigenvalue weighted by Crippen LogP contribution is 2.40. The Morgan fingerprint density at radius 1 is 1.00 bits per heavy atom. The van der Waals surface area contributed by atoms with Gasteiger partial charge in [-0.3, -0.25) is 9.88 Å². The monoisotopic (exact) mass is 606 g/mol. The van der Waals surface area contributed by atoms with E-state index < -0.39 is 5.67 Å². The van der Waals surface area contributed by atoms with Gasteiger partial charge < -0.3 is 5.32 Å². The van der Waals surface area contributed by atoms with Crippen LogP contribution in [-0.4, -0.2) is 29.0 Å². The molecule has 0 amide bonds. The number of hydrogen-bond donors (Lipinski definition) is 1. The second-order valence-electron chi connectivity index (χ2n) is 11.0. The fraction of sp³-hybridized carbons (Fsp3) is 0.525. The molecule has 2 aliphatic heterocycles. The van der Waals surface area contributed by atoms with Crippen LogP contribution < -0.4 is 5.32 Å². The van der Waals surface area contributed by atoms with Gasteiger partial charge >= 0.3 is 0 Å². The van der Waals surface area contributed by atoms with Crippen molar-refractivity contribution < 1.29 is 4.39 Å². The quantitative estimate of drug-likeness (QED) is 0.303. The number of likely N-dealkylation sites (tertiary alicyclic amines) is 1. The van der Waals surface area contributed by atoms with Gasteiger partial charge in [0.15, 0.2) is 5.67 Å². The fourth-order valence-corrected chi connectivity index (χ4v) is 6.26. The van der Waals surface area contributed by atoms with Gasteiger partial charge in [-0.25, -0.2) is 4.39 Å². The molecule has 44 heavy (non-hydrogen) atoms. The van der Waals surface area contributed by atoms with Crippen LogP contribution in [-0.2, 0) is 12.2 Å². The first-order chi connectivity index (χ1) is 21.3. The Bertz CT molecular complexity index is 1090. The molecule has 4 rings (SSSR count). The number of halogens is 1. The minimum absolute atomic E-state index is 0.464. The molecule has 1 aromatic heterocycles. The van der Waals surface area contributed by atoms with E-state index in [0.29, 0.717) is 30.5 Å². The highest BCUT2D eigenvalue weighted by Gasteiger charge is 2.39. The van der Waals surface area contributed by atoms with E-state index in [1.165, 1.54) is 48.1 Å². The van der Waals surface area contributed by atoms with Gasteiger partial charge in [0.2, 0.25) is 0 Å². The number of piperidine rings is 2. The lowest BCUT2D eigenvalue weighted by Gasteiger charge is -2.37. The van der Waals surface area contributed by atoms with Gasteiger partial charge in [0.25, 0.3) is 0 Å². The average molecular weight is 606 g/mol. The zero-order valence-electron chi connectivity index (χ0n) is 29.6. The van der Waals surface area contributed by atoms with Gasteiger partial charge in [-0.1, -0.05) is 96.4 Å². The molecule has 0 saturated carbocycles. The molecule has 2 aliphatic rings. The molecule has 1 N–H and O–H groups in total. The number of aryl methyl sites for hydroxylation is 2. The van der Waals surface area contributed by atoms with Crippen LogP contribution in [0.5, 0.6) is 0 Å². The molecule has 0 bridgehead atoms. The summed E-state index contributed by atoms with van der Waals surface area (Å²) < 4.78 is 16.6. The number of rotatable bonds is 8. The number of allylic oxidation sites excluding steroid dienone is 1. The summed E-state index contributed by atoms with van der Waals surface area (Å²) in [5.41, 5.74) is 6.13. The van der Waals surface area contributed by atoms with E-state index in [-0.39, 0.29) is 0 Å². The molecule has 3 heterocycles. The summed E-state index contributed by atoms with van der Waals surface area (Å²) in [4.78, 5) is 7.03. The van der Waals surface area contributed by atoms with Gasteiger partial charge in [-0.15, -0.1) is 26.3 Å². The number of hydrogen-bond acceptors (Lipinski definition) is 3. The Morgan fingerprint density at radius 3 is 2.11 bits per heavy atom. The van der Waals surface area contributed by atoms with E-state index >= 15 is 4.39 Å². The fourth-order valence-electron chi connectivity index (χ4n) is 6.26. The lowest BCUT2D eigenvalue weighted by Crippen LogP contribution is -2.41. The summed E-state index contributed by atoms with van der Waals surface area (Å²) in [6.07, 6.45) is 12.4. The second kappa shape index (κ2) is 22.5. The summed E-state index contributed by atoms with van der Waals surface area (Å²) in [5.74, 6) is 0.711. The van der Waals surface area contributed by atoms with E-state index in [0.717, 1.165) is 37.2 Å². The van der Waals surface area contributed by atoms with E-state index in [9.17, 15) is 0 Å². The SMILES string of the molecule is C=C.C=C.C=Cc1ccnc(C2(F)CCN(Cc3cc(C)cc(C)c3)CC2)c1/C=C1\CCC(CC)C(CCC)N1.CC.CC. The summed E-state index contributed by atoms with van der Waals surface area (Å²) in [5, 5.41) is 3.81. The first-order valence-electron chi connectivity index (χ1n) is 16.9. The molecule has 2 saturated heterocycles. The van der Waals surface area contributed by atoms with Crippen LogP contribution in [0.2, 0.25) is 0 Å². The van der Waals surface area contributed by atoms with Crippen LogP contribution in [0.1, 0.15) is 120 Å². The minimum Gasteiger partial charge on any atom is -0.385 e. The molecule has 0 radical (unpaired) electrons. The predicted molar refractivity (Wildman–Crippen MR) is 196 cm³/mol. The van der Waals surface area contributed by atoms with Crippen molar-refractivity contribution in [1.82, 2.24) is 15.2 Å². The lowest BCUT2D eigenvalue weighted by molar-refractivity contribution is 0.0488. The average Bonchev–Trinajstić information content (AvgIpc) is 3.06. The highest BCUT2D eigenvalue weighted by molar-refractivity contribution is 5.68. The van der Waals surface area contributed by atoms with E-state index in [1.807, 2.05) is 39.8 Å². The van der Waals surface area contributed by atoms with Crippen LogP contribution in [0.15, 0.2) is 69.1 Å². The smallest absolute Gasteiger partial charge is 0.155 e. The summed E-state index contributed by atoms with van der Waals surface area (Å²) in [6, 6.07) is 9.16. The summed E-state index contributed by atoms with van der Waals surface area (Å²) in [6.45, 7) is 35.2. The topological polar surface area (TPSA) is 28.2 Å². The lowest BCUT2D eigenvalue weighted by atomic mass is 9.83. The molecule has 2 atom stereocenters. The van der Waals surface area contributed by atoms with Crippen molar-refractivity contribution in [3.8, 4) is 0 Å². The van der Waals surface area contributed by atoms with Crippen LogP contribution >= 0.6 is 0 Å². The Morgan fingerprint density at radius 2 is 1.59 bits per heavy atom. The Labute approximate surface area is 271 Å². The van der Waals surface area contributed by atoms with Gasteiger partial charge in [0, 0.05) is 43.1 Å². The molecule has 2 aromatic rings. The van der Waals surface area contributed by atoms with Gasteiger partial charge in [0.1, 0.15) is 0 Å². The normalized spacial score (nSPS) is 19.6. The van der Waals surface area contributed by atoms with Gasteiger partial charge in [0.05, 0.1) is 5.69 Å². The molecule has 246 valence electrons. The standard InChI is InChI=1S/C32H44FN3.2C2H6.2C2H4/c1-6-9-30-27(8-3)10-11-28(35-30)21-29-26(7-2)12-15-34-31(29)32(33)13-16-36(17-14-32)22-25-19-23(4)18-24(5)20-25;4*1-2/h7,12,15,18-21,27,30,35H,2,6,8-11,13-14,16-17,22H2,1,3-5H3;2*1-2H3;2*1-2H2/b28-21+;;;;. The summed E-state index contributed by atoms with van der Waals surface area (Å²) >= 11 is 0. The number of nitrogens with one attached hydrogen (secondary N) is 1. The molecule has 0 spiro atoms. The molecular formula is C40H64FN3.